The summed E-state index contributed by atoms with van der Waals surface area (Å²) in [6.45, 7) is 0. The first kappa shape index (κ1) is 15.3. The van der Waals surface area contributed by atoms with Crippen LogP contribution < -0.4 is 5.32 Å². The summed E-state index contributed by atoms with van der Waals surface area (Å²) in [6.07, 6.45) is 1.51. The van der Waals surface area contributed by atoms with Gasteiger partial charge in [0.2, 0.25) is 5.13 Å². The first-order valence-electron chi connectivity index (χ1n) is 6.04. The number of amides is 1. The van der Waals surface area contributed by atoms with Crippen LogP contribution in [0.15, 0.2) is 24.3 Å². The lowest BCUT2D eigenvalue weighted by Gasteiger charge is -2.00. The first-order valence-corrected chi connectivity index (χ1v) is 7.39. The summed E-state index contributed by atoms with van der Waals surface area (Å²) in [4.78, 5) is 22.0. The van der Waals surface area contributed by atoms with E-state index in [1.54, 1.807) is 0 Å². The molecule has 0 atom stereocenters. The zero-order valence-electron chi connectivity index (χ0n) is 10.8. The van der Waals surface area contributed by atoms with Gasteiger partial charge in [0.15, 0.2) is 0 Å². The largest absolute Gasteiger partial charge is 0.296 e. The third kappa shape index (κ3) is 4.20. The fourth-order valence-corrected chi connectivity index (χ4v) is 2.44. The molecule has 21 heavy (non-hydrogen) atoms. The number of alkyl halides is 1. The zero-order chi connectivity index (χ0) is 15.2. The van der Waals surface area contributed by atoms with Gasteiger partial charge in [-0.1, -0.05) is 11.3 Å². The zero-order valence-corrected chi connectivity index (χ0v) is 12.4. The van der Waals surface area contributed by atoms with Crippen LogP contribution in [0.5, 0.6) is 0 Å². The van der Waals surface area contributed by atoms with Crippen LogP contribution in [0.4, 0.5) is 10.8 Å². The number of rotatable bonds is 6. The number of carbonyl (C=O) groups is 1. The summed E-state index contributed by atoms with van der Waals surface area (Å²) in [7, 11) is 0. The van der Waals surface area contributed by atoms with Crippen molar-refractivity contribution in [3.05, 3.63) is 45.0 Å². The number of hydrogen-bond donors (Lipinski definition) is 1. The Morgan fingerprint density at radius 2 is 2.05 bits per heavy atom. The molecule has 0 radical (unpaired) electrons. The maximum atomic E-state index is 12.0. The van der Waals surface area contributed by atoms with E-state index in [1.165, 1.54) is 35.6 Å². The number of nitro benzene ring substituents is 1. The topological polar surface area (TPSA) is 98.0 Å². The third-order valence-corrected chi connectivity index (χ3v) is 3.72. The van der Waals surface area contributed by atoms with E-state index >= 15 is 0 Å². The maximum Gasteiger partial charge on any atom is 0.269 e. The maximum absolute atomic E-state index is 12.0. The normalized spacial score (nSPS) is 10.3. The Kier molecular flexibility index (Phi) is 5.18. The molecule has 0 fully saturated rings. The highest BCUT2D eigenvalue weighted by Crippen LogP contribution is 2.18. The Morgan fingerprint density at radius 1 is 1.33 bits per heavy atom. The Bertz CT molecular complexity index is 644. The van der Waals surface area contributed by atoms with Crippen LogP contribution in [0.1, 0.15) is 21.8 Å². The highest BCUT2D eigenvalue weighted by molar-refractivity contribution is 7.15. The molecule has 2 rings (SSSR count). The van der Waals surface area contributed by atoms with Crippen molar-refractivity contribution >= 4 is 39.7 Å². The number of non-ortho nitro benzene ring substituents is 1. The number of nitro groups is 1. The van der Waals surface area contributed by atoms with E-state index < -0.39 is 4.92 Å². The van der Waals surface area contributed by atoms with Gasteiger partial charge in [-0.05, 0) is 18.6 Å². The minimum Gasteiger partial charge on any atom is -0.296 e. The number of halogens is 1. The number of benzene rings is 1. The summed E-state index contributed by atoms with van der Waals surface area (Å²) in [5.74, 6) is 0.161. The predicted molar refractivity (Wildman–Crippen MR) is 80.0 cm³/mol. The van der Waals surface area contributed by atoms with E-state index in [9.17, 15) is 14.9 Å². The van der Waals surface area contributed by atoms with Crippen molar-refractivity contribution in [2.24, 2.45) is 0 Å². The van der Waals surface area contributed by atoms with Crippen molar-refractivity contribution in [2.75, 3.05) is 11.2 Å². The predicted octanol–water partition coefficient (Wildman–Crippen LogP) is 2.87. The summed E-state index contributed by atoms with van der Waals surface area (Å²) < 4.78 is 0. The van der Waals surface area contributed by atoms with Crippen LogP contribution in [0, 0.1) is 10.1 Å². The lowest BCUT2D eigenvalue weighted by atomic mass is 10.2. The molecule has 2 aromatic rings. The molecule has 9 heteroatoms. The number of anilines is 1. The van der Waals surface area contributed by atoms with E-state index in [0.29, 0.717) is 23.0 Å². The first-order chi connectivity index (χ1) is 10.1. The lowest BCUT2D eigenvalue weighted by Crippen LogP contribution is -2.11. The summed E-state index contributed by atoms with van der Waals surface area (Å²) in [5.41, 5.74) is 0.254. The van der Waals surface area contributed by atoms with Crippen molar-refractivity contribution in [3.8, 4) is 0 Å². The second-order valence-corrected chi connectivity index (χ2v) is 5.49. The standard InChI is InChI=1S/C12H11ClN4O3S/c13-7-1-2-10-15-16-12(21-10)14-11(18)8-3-5-9(6-4-8)17(19)20/h3-6H,1-2,7H2,(H,14,16,18). The van der Waals surface area contributed by atoms with Crippen molar-refractivity contribution in [3.63, 3.8) is 0 Å². The number of carbonyl (C=O) groups excluding carboxylic acids is 1. The molecule has 0 aliphatic rings. The van der Waals surface area contributed by atoms with Gasteiger partial charge in [0.05, 0.1) is 4.92 Å². The number of nitrogens with zero attached hydrogens (tertiary/aromatic N) is 3. The third-order valence-electron chi connectivity index (χ3n) is 2.55. The van der Waals surface area contributed by atoms with Crippen molar-refractivity contribution in [1.29, 1.82) is 0 Å². The van der Waals surface area contributed by atoms with E-state index in [-0.39, 0.29) is 11.6 Å². The van der Waals surface area contributed by atoms with Gasteiger partial charge in [-0.3, -0.25) is 20.2 Å². The van der Waals surface area contributed by atoms with Crippen molar-refractivity contribution < 1.29 is 9.72 Å². The van der Waals surface area contributed by atoms with Crippen LogP contribution in [-0.4, -0.2) is 26.9 Å². The molecule has 0 saturated heterocycles. The molecular formula is C12H11ClN4O3S. The molecule has 7 nitrogen and oxygen atoms in total. The average Bonchev–Trinajstić information content (AvgIpc) is 2.92. The molecule has 110 valence electrons. The minimum atomic E-state index is -0.518. The molecule has 1 aromatic carbocycles. The van der Waals surface area contributed by atoms with Gasteiger partial charge in [-0.15, -0.1) is 21.8 Å². The fraction of sp³-hybridized carbons (Fsp3) is 0.250. The molecular weight excluding hydrogens is 316 g/mol. The lowest BCUT2D eigenvalue weighted by molar-refractivity contribution is -0.384. The average molecular weight is 327 g/mol. The van der Waals surface area contributed by atoms with Crippen LogP contribution in [0.3, 0.4) is 0 Å². The molecule has 0 aliphatic heterocycles. The van der Waals surface area contributed by atoms with E-state index in [2.05, 4.69) is 15.5 Å². The molecule has 1 N–H and O–H groups in total. The van der Waals surface area contributed by atoms with E-state index in [4.69, 9.17) is 11.6 Å². The van der Waals surface area contributed by atoms with E-state index in [1.807, 2.05) is 0 Å². The smallest absolute Gasteiger partial charge is 0.269 e. The van der Waals surface area contributed by atoms with Crippen LogP contribution in [0.25, 0.3) is 0 Å². The number of nitrogens with one attached hydrogen (secondary N) is 1. The monoisotopic (exact) mass is 326 g/mol. The second-order valence-electron chi connectivity index (χ2n) is 4.05. The summed E-state index contributed by atoms with van der Waals surface area (Å²) >= 11 is 6.88. The van der Waals surface area contributed by atoms with Crippen LogP contribution in [0.2, 0.25) is 0 Å². The van der Waals surface area contributed by atoms with Gasteiger partial charge in [0, 0.05) is 30.0 Å². The van der Waals surface area contributed by atoms with Crippen LogP contribution in [-0.2, 0) is 6.42 Å². The molecule has 0 bridgehead atoms. The quantitative estimate of drug-likeness (QED) is 0.500. The second kappa shape index (κ2) is 7.09. The van der Waals surface area contributed by atoms with Crippen molar-refractivity contribution in [1.82, 2.24) is 10.2 Å². The van der Waals surface area contributed by atoms with Gasteiger partial charge in [-0.25, -0.2) is 0 Å². The molecule has 1 aromatic heterocycles. The van der Waals surface area contributed by atoms with Gasteiger partial charge >= 0.3 is 0 Å². The van der Waals surface area contributed by atoms with Gasteiger partial charge in [-0.2, -0.15) is 0 Å². The Labute approximate surface area is 129 Å². The van der Waals surface area contributed by atoms with Gasteiger partial charge in [0.1, 0.15) is 5.01 Å². The number of aryl methyl sites for hydroxylation is 1. The summed E-state index contributed by atoms with van der Waals surface area (Å²) in [5, 5.41) is 22.1. The Morgan fingerprint density at radius 3 is 2.67 bits per heavy atom. The number of hydrogen-bond acceptors (Lipinski definition) is 6. The Hall–Kier alpha value is -2.06. The van der Waals surface area contributed by atoms with Gasteiger partial charge < -0.3 is 0 Å². The number of aromatic nitrogens is 2. The molecule has 0 unspecified atom stereocenters. The molecule has 1 amide bonds. The highest BCUT2D eigenvalue weighted by Gasteiger charge is 2.12. The summed E-state index contributed by atoms with van der Waals surface area (Å²) in [6, 6.07) is 5.34. The van der Waals surface area contributed by atoms with Crippen LogP contribution >= 0.6 is 22.9 Å². The van der Waals surface area contributed by atoms with E-state index in [0.717, 1.165) is 11.4 Å². The fourth-order valence-electron chi connectivity index (χ4n) is 1.53. The minimum absolute atomic E-state index is 0.0640. The molecule has 0 aliphatic carbocycles. The van der Waals surface area contributed by atoms with Gasteiger partial charge in [0.25, 0.3) is 11.6 Å². The molecule has 1 heterocycles. The molecule has 0 spiro atoms. The van der Waals surface area contributed by atoms with Crippen molar-refractivity contribution in [2.45, 2.75) is 12.8 Å². The SMILES string of the molecule is O=C(Nc1nnc(CCCCl)s1)c1ccc([N+](=O)[O-])cc1. The Balaban J connectivity index is 2.00. The highest BCUT2D eigenvalue weighted by atomic mass is 35.5. The molecule has 0 saturated carbocycles.